The fourth-order valence-electron chi connectivity index (χ4n) is 3.55. The van der Waals surface area contributed by atoms with Gasteiger partial charge in [0.15, 0.2) is 9.84 Å². The molecule has 1 atom stereocenters. The van der Waals surface area contributed by atoms with Crippen LogP contribution in [0.25, 0.3) is 0 Å². The Bertz CT molecular complexity index is 923. The Kier molecular flexibility index (Phi) is 4.99. The topological polar surface area (TPSA) is 98.3 Å². The summed E-state index contributed by atoms with van der Waals surface area (Å²) in [6.07, 6.45) is 7.36. The van der Waals surface area contributed by atoms with Gasteiger partial charge in [0, 0.05) is 45.2 Å². The van der Waals surface area contributed by atoms with Crippen LogP contribution in [-0.4, -0.2) is 42.2 Å². The molecule has 0 saturated carbocycles. The van der Waals surface area contributed by atoms with Crippen LogP contribution in [0.2, 0.25) is 0 Å². The molecule has 0 N–H and O–H groups in total. The second-order valence-corrected chi connectivity index (χ2v) is 8.75. The van der Waals surface area contributed by atoms with Crippen LogP contribution in [0.1, 0.15) is 18.7 Å². The number of nitro benzene ring substituents is 1. The molecule has 0 aliphatic carbocycles. The molecule has 1 aliphatic heterocycles. The van der Waals surface area contributed by atoms with E-state index >= 15 is 0 Å². The van der Waals surface area contributed by atoms with E-state index in [1.807, 2.05) is 22.7 Å². The van der Waals surface area contributed by atoms with Crippen molar-refractivity contribution in [3.05, 3.63) is 46.5 Å². The number of hydrogen-bond acceptors (Lipinski definition) is 6. The van der Waals surface area contributed by atoms with E-state index in [1.165, 1.54) is 6.07 Å². The summed E-state index contributed by atoms with van der Waals surface area (Å²) in [6, 6.07) is 4.50. The Morgan fingerprint density at radius 1 is 1.38 bits per heavy atom. The first-order chi connectivity index (χ1) is 12.3. The third kappa shape index (κ3) is 3.72. The normalized spacial score (nSPS) is 18.1. The predicted octanol–water partition coefficient (Wildman–Crippen LogP) is 2.19. The van der Waals surface area contributed by atoms with Crippen molar-refractivity contribution in [2.75, 3.05) is 24.2 Å². The maximum Gasteiger partial charge on any atom is 0.311 e. The summed E-state index contributed by atoms with van der Waals surface area (Å²) in [6.45, 7) is 1.31. The smallest absolute Gasteiger partial charge is 0.311 e. The molecule has 0 spiro atoms. The molecule has 0 amide bonds. The molecule has 3 rings (SSSR count). The summed E-state index contributed by atoms with van der Waals surface area (Å²) in [4.78, 5) is 17.1. The largest absolute Gasteiger partial charge is 0.366 e. The number of nitrogens with zero attached hydrogens (tertiary/aromatic N) is 4. The van der Waals surface area contributed by atoms with Gasteiger partial charge in [-0.2, -0.15) is 0 Å². The number of piperidine rings is 1. The van der Waals surface area contributed by atoms with Gasteiger partial charge in [0.2, 0.25) is 0 Å². The Balaban J connectivity index is 1.91. The van der Waals surface area contributed by atoms with Crippen molar-refractivity contribution in [3.8, 4) is 0 Å². The van der Waals surface area contributed by atoms with Gasteiger partial charge in [-0.25, -0.2) is 13.4 Å². The number of anilines is 1. The lowest BCUT2D eigenvalue weighted by molar-refractivity contribution is -0.387. The number of rotatable bonds is 5. The molecule has 1 unspecified atom stereocenters. The summed E-state index contributed by atoms with van der Waals surface area (Å²) >= 11 is 0. The van der Waals surface area contributed by atoms with Crippen LogP contribution >= 0.6 is 0 Å². The fraction of sp³-hybridized carbons (Fsp3) is 0.471. The minimum Gasteiger partial charge on any atom is -0.366 e. The molecule has 140 valence electrons. The highest BCUT2D eigenvalue weighted by Gasteiger charge is 2.31. The zero-order valence-electron chi connectivity index (χ0n) is 14.8. The molecule has 2 heterocycles. The minimum atomic E-state index is -3.68. The van der Waals surface area contributed by atoms with Gasteiger partial charge < -0.3 is 9.47 Å². The van der Waals surface area contributed by atoms with E-state index in [9.17, 15) is 18.5 Å². The molecular weight excluding hydrogens is 356 g/mol. The summed E-state index contributed by atoms with van der Waals surface area (Å²) in [7, 11) is -1.73. The maximum atomic E-state index is 12.0. The molecule has 0 bridgehead atoms. The quantitative estimate of drug-likeness (QED) is 0.584. The van der Waals surface area contributed by atoms with Crippen LogP contribution in [0.3, 0.4) is 0 Å². The fourth-order valence-corrected chi connectivity index (χ4v) is 4.41. The van der Waals surface area contributed by atoms with E-state index in [4.69, 9.17) is 0 Å². The Hall–Kier alpha value is -2.42. The lowest BCUT2D eigenvalue weighted by Gasteiger charge is -2.34. The van der Waals surface area contributed by atoms with E-state index in [2.05, 4.69) is 4.98 Å². The number of aryl methyl sites for hydroxylation is 1. The molecule has 0 radical (unpaired) electrons. The van der Waals surface area contributed by atoms with Crippen LogP contribution in [0.4, 0.5) is 11.4 Å². The summed E-state index contributed by atoms with van der Waals surface area (Å²) in [5.41, 5.74) is 0.0510. The van der Waals surface area contributed by atoms with Gasteiger partial charge in [-0.3, -0.25) is 10.1 Å². The Labute approximate surface area is 152 Å². The van der Waals surface area contributed by atoms with E-state index in [0.29, 0.717) is 24.7 Å². The predicted molar refractivity (Wildman–Crippen MR) is 98.1 cm³/mol. The lowest BCUT2D eigenvalue weighted by Crippen LogP contribution is -2.37. The number of nitro groups is 1. The first kappa shape index (κ1) is 18.4. The van der Waals surface area contributed by atoms with E-state index in [0.717, 1.165) is 31.3 Å². The van der Waals surface area contributed by atoms with Gasteiger partial charge in [0.05, 0.1) is 4.92 Å². The maximum absolute atomic E-state index is 12.0. The molecule has 26 heavy (non-hydrogen) atoms. The summed E-state index contributed by atoms with van der Waals surface area (Å²) < 4.78 is 25.9. The van der Waals surface area contributed by atoms with Crippen LogP contribution in [-0.2, 0) is 23.3 Å². The molecule has 1 saturated heterocycles. The van der Waals surface area contributed by atoms with Crippen LogP contribution in [0.15, 0.2) is 35.5 Å². The number of imidazole rings is 1. The van der Waals surface area contributed by atoms with Crippen molar-refractivity contribution < 1.29 is 13.3 Å². The van der Waals surface area contributed by atoms with Gasteiger partial charge in [0.25, 0.3) is 0 Å². The molecule has 1 fully saturated rings. The average molecular weight is 378 g/mol. The standard InChI is InChI=1S/C17H22N4O4S/c1-19-10-8-18-16(19)11-13-5-4-9-20(12-13)14-6-3-7-15(26(2,24)25)17(14)21(22)23/h3,6-8,10,13H,4-5,9,11-12H2,1-2H3. The van der Waals surface area contributed by atoms with Gasteiger partial charge >= 0.3 is 5.69 Å². The Morgan fingerprint density at radius 3 is 2.77 bits per heavy atom. The van der Waals surface area contributed by atoms with E-state index in [1.54, 1.807) is 18.3 Å². The van der Waals surface area contributed by atoms with Crippen molar-refractivity contribution >= 4 is 21.2 Å². The number of sulfone groups is 1. The van der Waals surface area contributed by atoms with Crippen molar-refractivity contribution in [2.45, 2.75) is 24.2 Å². The number of para-hydroxylation sites is 1. The molecule has 2 aromatic rings. The second kappa shape index (κ2) is 7.06. The van der Waals surface area contributed by atoms with Gasteiger partial charge in [-0.05, 0) is 30.9 Å². The number of hydrogen-bond donors (Lipinski definition) is 0. The van der Waals surface area contributed by atoms with Crippen molar-refractivity contribution in [1.82, 2.24) is 9.55 Å². The second-order valence-electron chi connectivity index (χ2n) is 6.77. The molecule has 1 aliphatic rings. The van der Waals surface area contributed by atoms with Crippen molar-refractivity contribution in [1.29, 1.82) is 0 Å². The molecule has 1 aromatic carbocycles. The van der Waals surface area contributed by atoms with Crippen LogP contribution < -0.4 is 4.90 Å². The SMILES string of the molecule is Cn1ccnc1CC1CCCN(c2cccc(S(C)(=O)=O)c2[N+](=O)[O-])C1. The lowest BCUT2D eigenvalue weighted by atomic mass is 9.94. The first-order valence-electron chi connectivity index (χ1n) is 8.46. The van der Waals surface area contributed by atoms with Gasteiger partial charge in [-0.1, -0.05) is 6.07 Å². The third-order valence-corrected chi connectivity index (χ3v) is 5.94. The minimum absolute atomic E-state index is 0.230. The first-order valence-corrected chi connectivity index (χ1v) is 10.3. The third-order valence-electron chi connectivity index (χ3n) is 4.81. The van der Waals surface area contributed by atoms with Crippen LogP contribution in [0.5, 0.6) is 0 Å². The molecule has 8 nitrogen and oxygen atoms in total. The number of benzene rings is 1. The van der Waals surface area contributed by atoms with Gasteiger partial charge in [0.1, 0.15) is 16.4 Å². The zero-order valence-corrected chi connectivity index (χ0v) is 15.6. The molecule has 1 aromatic heterocycles. The molecule has 9 heteroatoms. The van der Waals surface area contributed by atoms with Crippen molar-refractivity contribution in [3.63, 3.8) is 0 Å². The highest BCUT2D eigenvalue weighted by molar-refractivity contribution is 7.90. The van der Waals surface area contributed by atoms with E-state index < -0.39 is 14.8 Å². The highest BCUT2D eigenvalue weighted by Crippen LogP contribution is 2.36. The number of aromatic nitrogens is 2. The average Bonchev–Trinajstić information content (AvgIpc) is 2.98. The highest BCUT2D eigenvalue weighted by atomic mass is 32.2. The van der Waals surface area contributed by atoms with Crippen LogP contribution in [0, 0.1) is 16.0 Å². The van der Waals surface area contributed by atoms with E-state index in [-0.39, 0.29) is 10.6 Å². The zero-order chi connectivity index (χ0) is 18.9. The summed E-state index contributed by atoms with van der Waals surface area (Å²) in [5.74, 6) is 1.29. The molecular formula is C17H22N4O4S. The summed E-state index contributed by atoms with van der Waals surface area (Å²) in [5, 5.41) is 11.6. The van der Waals surface area contributed by atoms with Crippen molar-refractivity contribution in [2.24, 2.45) is 13.0 Å². The Morgan fingerprint density at radius 2 is 2.15 bits per heavy atom. The van der Waals surface area contributed by atoms with Gasteiger partial charge in [-0.15, -0.1) is 0 Å². The monoisotopic (exact) mass is 378 g/mol.